The summed E-state index contributed by atoms with van der Waals surface area (Å²) in [6.45, 7) is 6.15. The number of hydrogen-bond donors (Lipinski definition) is 1. The number of morpholine rings is 1. The van der Waals surface area contributed by atoms with Crippen molar-refractivity contribution < 1.29 is 9.53 Å². The van der Waals surface area contributed by atoms with Crippen molar-refractivity contribution in [1.82, 2.24) is 10.2 Å². The van der Waals surface area contributed by atoms with Crippen molar-refractivity contribution in [2.24, 2.45) is 0 Å². The molecule has 1 unspecified atom stereocenters. The van der Waals surface area contributed by atoms with E-state index in [0.29, 0.717) is 23.7 Å². The zero-order chi connectivity index (χ0) is 14.5. The van der Waals surface area contributed by atoms with Gasteiger partial charge in [-0.15, -0.1) is 0 Å². The fourth-order valence-corrected chi connectivity index (χ4v) is 2.75. The Kier molecular flexibility index (Phi) is 5.84. The first-order valence-electron chi connectivity index (χ1n) is 6.68. The second kappa shape index (κ2) is 7.41. The van der Waals surface area contributed by atoms with Crippen LogP contribution in [0.15, 0.2) is 22.7 Å². The van der Waals surface area contributed by atoms with Crippen molar-refractivity contribution in [3.8, 4) is 0 Å². The number of amides is 1. The van der Waals surface area contributed by atoms with Crippen LogP contribution in [0.1, 0.15) is 17.3 Å². The van der Waals surface area contributed by atoms with E-state index in [4.69, 9.17) is 16.3 Å². The van der Waals surface area contributed by atoms with Crippen LogP contribution in [0.5, 0.6) is 0 Å². The summed E-state index contributed by atoms with van der Waals surface area (Å²) < 4.78 is 6.37. The third kappa shape index (κ3) is 3.95. The first-order chi connectivity index (χ1) is 9.61. The Morgan fingerprint density at radius 2 is 2.40 bits per heavy atom. The van der Waals surface area contributed by atoms with E-state index < -0.39 is 0 Å². The van der Waals surface area contributed by atoms with Gasteiger partial charge in [-0.05, 0) is 34.6 Å². The molecule has 0 radical (unpaired) electrons. The highest BCUT2D eigenvalue weighted by Gasteiger charge is 2.20. The highest BCUT2D eigenvalue weighted by Crippen LogP contribution is 2.25. The summed E-state index contributed by atoms with van der Waals surface area (Å²) in [5.41, 5.74) is 0.476. The Hall–Kier alpha value is -0.620. The number of likely N-dealkylation sites (N-methyl/N-ethyl adjacent to an activating group) is 1. The highest BCUT2D eigenvalue weighted by atomic mass is 79.9. The summed E-state index contributed by atoms with van der Waals surface area (Å²) in [5, 5.41) is 3.32. The lowest BCUT2D eigenvalue weighted by atomic mass is 10.2. The topological polar surface area (TPSA) is 41.6 Å². The minimum Gasteiger partial charge on any atom is -0.374 e. The van der Waals surface area contributed by atoms with Gasteiger partial charge in [-0.25, -0.2) is 0 Å². The Morgan fingerprint density at radius 1 is 1.60 bits per heavy atom. The highest BCUT2D eigenvalue weighted by molar-refractivity contribution is 9.10. The molecule has 0 aliphatic carbocycles. The second-order valence-electron chi connectivity index (χ2n) is 4.70. The van der Waals surface area contributed by atoms with Crippen LogP contribution in [0.3, 0.4) is 0 Å². The minimum absolute atomic E-state index is 0.0404. The first-order valence-corrected chi connectivity index (χ1v) is 7.85. The molecule has 2 rings (SSSR count). The summed E-state index contributed by atoms with van der Waals surface area (Å²) in [5.74, 6) is -0.173. The molecular weight excluding hydrogens is 344 g/mol. The van der Waals surface area contributed by atoms with Crippen molar-refractivity contribution in [3.05, 3.63) is 33.3 Å². The van der Waals surface area contributed by atoms with Crippen LogP contribution in [-0.2, 0) is 4.74 Å². The smallest absolute Gasteiger partial charge is 0.252 e. The van der Waals surface area contributed by atoms with Crippen LogP contribution >= 0.6 is 27.5 Å². The second-order valence-corrected chi connectivity index (χ2v) is 5.93. The maximum atomic E-state index is 12.1. The van der Waals surface area contributed by atoms with E-state index >= 15 is 0 Å². The summed E-state index contributed by atoms with van der Waals surface area (Å²) >= 11 is 9.42. The van der Waals surface area contributed by atoms with Crippen LogP contribution < -0.4 is 5.32 Å². The SMILES string of the molecule is CCN1CCOC(CNC(=O)c2cccc(Br)c2Cl)C1. The van der Waals surface area contributed by atoms with E-state index in [0.717, 1.165) is 24.1 Å². The van der Waals surface area contributed by atoms with Gasteiger partial charge in [0, 0.05) is 24.1 Å². The van der Waals surface area contributed by atoms with Crippen LogP contribution in [0.2, 0.25) is 5.02 Å². The lowest BCUT2D eigenvalue weighted by molar-refractivity contribution is -0.0246. The fraction of sp³-hybridized carbons (Fsp3) is 0.500. The number of ether oxygens (including phenoxy) is 1. The van der Waals surface area contributed by atoms with Gasteiger partial charge in [-0.2, -0.15) is 0 Å². The van der Waals surface area contributed by atoms with Gasteiger partial charge in [0.1, 0.15) is 0 Å². The van der Waals surface area contributed by atoms with Crippen LogP contribution in [0.25, 0.3) is 0 Å². The summed E-state index contributed by atoms with van der Waals surface area (Å²) in [7, 11) is 0. The number of nitrogens with zero attached hydrogens (tertiary/aromatic N) is 1. The Labute approximate surface area is 132 Å². The third-order valence-electron chi connectivity index (χ3n) is 3.36. The van der Waals surface area contributed by atoms with Gasteiger partial charge in [-0.1, -0.05) is 24.6 Å². The Balaban J connectivity index is 1.90. The standard InChI is InChI=1S/C14H18BrClN2O2/c1-2-18-6-7-20-10(9-18)8-17-14(19)11-4-3-5-12(15)13(11)16/h3-5,10H,2,6-9H2,1H3,(H,17,19). The minimum atomic E-state index is -0.173. The summed E-state index contributed by atoms with van der Waals surface area (Å²) in [6.07, 6.45) is 0.0404. The first kappa shape index (κ1) is 15.8. The molecule has 1 fully saturated rings. The van der Waals surface area contributed by atoms with Gasteiger partial charge in [0.2, 0.25) is 0 Å². The lowest BCUT2D eigenvalue weighted by Crippen LogP contribution is -2.47. The monoisotopic (exact) mass is 360 g/mol. The van der Waals surface area contributed by atoms with E-state index in [-0.39, 0.29) is 12.0 Å². The number of benzene rings is 1. The summed E-state index contributed by atoms with van der Waals surface area (Å²) in [4.78, 5) is 14.4. The molecule has 0 spiro atoms. The molecule has 0 bridgehead atoms. The lowest BCUT2D eigenvalue weighted by Gasteiger charge is -2.32. The van der Waals surface area contributed by atoms with E-state index in [9.17, 15) is 4.79 Å². The van der Waals surface area contributed by atoms with Gasteiger partial charge >= 0.3 is 0 Å². The maximum absolute atomic E-state index is 12.1. The van der Waals surface area contributed by atoms with Crippen molar-refractivity contribution in [2.75, 3.05) is 32.8 Å². The Morgan fingerprint density at radius 3 is 3.15 bits per heavy atom. The molecule has 1 saturated heterocycles. The number of hydrogen-bond acceptors (Lipinski definition) is 3. The number of nitrogens with one attached hydrogen (secondary N) is 1. The van der Waals surface area contributed by atoms with E-state index in [2.05, 4.69) is 33.1 Å². The predicted molar refractivity (Wildman–Crippen MR) is 83.3 cm³/mol. The largest absolute Gasteiger partial charge is 0.374 e. The average Bonchev–Trinajstić information content (AvgIpc) is 2.48. The molecule has 1 aromatic rings. The predicted octanol–water partition coefficient (Wildman–Crippen LogP) is 2.55. The van der Waals surface area contributed by atoms with Gasteiger partial charge < -0.3 is 10.1 Å². The van der Waals surface area contributed by atoms with Crippen LogP contribution in [0, 0.1) is 0 Å². The van der Waals surface area contributed by atoms with E-state index in [1.54, 1.807) is 12.1 Å². The molecule has 1 atom stereocenters. The zero-order valence-electron chi connectivity index (χ0n) is 11.4. The molecule has 0 saturated carbocycles. The van der Waals surface area contributed by atoms with Crippen molar-refractivity contribution >= 4 is 33.4 Å². The molecule has 1 aliphatic rings. The normalized spacial score (nSPS) is 19.9. The van der Waals surface area contributed by atoms with Crippen LogP contribution in [-0.4, -0.2) is 49.7 Å². The quantitative estimate of drug-likeness (QED) is 0.896. The molecule has 1 aliphatic heterocycles. The van der Waals surface area contributed by atoms with Gasteiger partial charge in [0.25, 0.3) is 5.91 Å². The fourth-order valence-electron chi connectivity index (χ4n) is 2.17. The molecule has 110 valence electrons. The van der Waals surface area contributed by atoms with Crippen molar-refractivity contribution in [1.29, 1.82) is 0 Å². The van der Waals surface area contributed by atoms with Gasteiger partial charge in [0.05, 0.1) is 23.3 Å². The number of carbonyl (C=O) groups excluding carboxylic acids is 1. The Bertz CT molecular complexity index is 484. The molecule has 1 amide bonds. The third-order valence-corrected chi connectivity index (χ3v) is 4.65. The molecule has 4 nitrogen and oxygen atoms in total. The van der Waals surface area contributed by atoms with Gasteiger partial charge in [0.15, 0.2) is 0 Å². The van der Waals surface area contributed by atoms with Crippen LogP contribution in [0.4, 0.5) is 0 Å². The van der Waals surface area contributed by atoms with Gasteiger partial charge in [-0.3, -0.25) is 9.69 Å². The molecule has 6 heteroatoms. The van der Waals surface area contributed by atoms with E-state index in [1.807, 2.05) is 6.07 Å². The van der Waals surface area contributed by atoms with Crippen molar-refractivity contribution in [2.45, 2.75) is 13.0 Å². The molecule has 1 N–H and O–H groups in total. The number of rotatable bonds is 4. The van der Waals surface area contributed by atoms with E-state index in [1.165, 1.54) is 0 Å². The molecular formula is C14H18BrClN2O2. The molecule has 20 heavy (non-hydrogen) atoms. The summed E-state index contributed by atoms with van der Waals surface area (Å²) in [6, 6.07) is 5.31. The van der Waals surface area contributed by atoms with Crippen molar-refractivity contribution in [3.63, 3.8) is 0 Å². The zero-order valence-corrected chi connectivity index (χ0v) is 13.7. The molecule has 0 aromatic heterocycles. The molecule has 1 heterocycles. The number of carbonyl (C=O) groups is 1. The average molecular weight is 362 g/mol. The molecule has 1 aromatic carbocycles. The number of halogens is 2. The maximum Gasteiger partial charge on any atom is 0.252 e.